The summed E-state index contributed by atoms with van der Waals surface area (Å²) in [6, 6.07) is 19.4. The number of hydrogen-bond acceptors (Lipinski definition) is 3. The molecule has 0 radical (unpaired) electrons. The topological polar surface area (TPSA) is 36.0 Å². The molecule has 5 nitrogen and oxygen atoms in total. The zero-order valence-corrected chi connectivity index (χ0v) is 21.0. The molecule has 0 N–H and O–H groups in total. The predicted molar refractivity (Wildman–Crippen MR) is 136 cm³/mol. The summed E-state index contributed by atoms with van der Waals surface area (Å²) in [7, 11) is 6.12. The highest BCUT2D eigenvalue weighted by molar-refractivity contribution is 5.78. The Labute approximate surface area is 204 Å². The molecule has 1 spiro atoms. The van der Waals surface area contributed by atoms with E-state index in [2.05, 4.69) is 71.3 Å². The molecule has 2 aromatic carbocycles. The molecular formula is C29H39N3O2. The minimum absolute atomic E-state index is 0.0428. The molecule has 1 heterocycles. The summed E-state index contributed by atoms with van der Waals surface area (Å²) in [5.41, 5.74) is 2.56. The molecule has 2 amide bonds. The number of ether oxygens (including phenoxy) is 1. The quantitative estimate of drug-likeness (QED) is 0.546. The number of rotatable bonds is 7. The summed E-state index contributed by atoms with van der Waals surface area (Å²) in [5, 5.41) is 0. The molecule has 0 bridgehead atoms. The van der Waals surface area contributed by atoms with Crippen molar-refractivity contribution in [3.63, 3.8) is 0 Å². The Kier molecular flexibility index (Phi) is 6.32. The maximum Gasteiger partial charge on any atom is 0.320 e. The summed E-state index contributed by atoms with van der Waals surface area (Å²) < 4.78 is 5.31. The van der Waals surface area contributed by atoms with Gasteiger partial charge in [-0.25, -0.2) is 4.79 Å². The Bertz CT molecular complexity index is 976. The van der Waals surface area contributed by atoms with Gasteiger partial charge < -0.3 is 14.5 Å². The van der Waals surface area contributed by atoms with Crippen LogP contribution in [0.3, 0.4) is 0 Å². The van der Waals surface area contributed by atoms with E-state index in [-0.39, 0.29) is 17.1 Å². The predicted octanol–water partition coefficient (Wildman–Crippen LogP) is 5.50. The van der Waals surface area contributed by atoms with Gasteiger partial charge in [0.05, 0.1) is 12.6 Å². The highest BCUT2D eigenvalue weighted by atomic mass is 16.5. The molecular weight excluding hydrogens is 422 g/mol. The molecule has 3 aliphatic rings. The van der Waals surface area contributed by atoms with Crippen LogP contribution >= 0.6 is 0 Å². The second-order valence-corrected chi connectivity index (χ2v) is 10.9. The monoisotopic (exact) mass is 461 g/mol. The molecule has 1 aliphatic heterocycles. The smallest absolute Gasteiger partial charge is 0.320 e. The minimum atomic E-state index is -0.0482. The molecule has 182 valence electrons. The van der Waals surface area contributed by atoms with Gasteiger partial charge in [0.15, 0.2) is 0 Å². The van der Waals surface area contributed by atoms with Crippen molar-refractivity contribution in [2.24, 2.45) is 5.92 Å². The van der Waals surface area contributed by atoms with Crippen molar-refractivity contribution in [3.05, 3.63) is 65.7 Å². The fraction of sp³-hybridized carbons (Fsp3) is 0.552. The van der Waals surface area contributed by atoms with Crippen molar-refractivity contribution in [1.29, 1.82) is 0 Å². The van der Waals surface area contributed by atoms with Gasteiger partial charge in [0.2, 0.25) is 0 Å². The highest BCUT2D eigenvalue weighted by Crippen LogP contribution is 2.49. The zero-order valence-electron chi connectivity index (χ0n) is 21.0. The fourth-order valence-electron chi connectivity index (χ4n) is 6.46. The van der Waals surface area contributed by atoms with Gasteiger partial charge in [0.25, 0.3) is 0 Å². The van der Waals surface area contributed by atoms with Crippen molar-refractivity contribution in [2.75, 3.05) is 34.3 Å². The van der Waals surface area contributed by atoms with E-state index < -0.39 is 0 Å². The lowest BCUT2D eigenvalue weighted by molar-refractivity contribution is 0.0159. The third-order valence-corrected chi connectivity index (χ3v) is 8.93. The summed E-state index contributed by atoms with van der Waals surface area (Å²) in [5.74, 6) is 1.53. The van der Waals surface area contributed by atoms with Gasteiger partial charge in [-0.3, -0.25) is 4.90 Å². The number of amides is 2. The number of methoxy groups -OCH3 is 1. The van der Waals surface area contributed by atoms with E-state index in [4.69, 9.17) is 4.74 Å². The van der Waals surface area contributed by atoms with Gasteiger partial charge in [-0.05, 0) is 81.8 Å². The lowest BCUT2D eigenvalue weighted by Gasteiger charge is -2.51. The van der Waals surface area contributed by atoms with E-state index in [1.54, 1.807) is 7.11 Å². The first-order chi connectivity index (χ1) is 16.5. The first kappa shape index (κ1) is 23.2. The maximum atomic E-state index is 13.8. The minimum Gasteiger partial charge on any atom is -0.497 e. The van der Waals surface area contributed by atoms with Gasteiger partial charge in [-0.2, -0.15) is 0 Å². The third kappa shape index (κ3) is 4.08. The van der Waals surface area contributed by atoms with Crippen molar-refractivity contribution >= 4 is 6.03 Å². The highest BCUT2D eigenvalue weighted by Gasteiger charge is 2.54. The molecule has 2 aliphatic carbocycles. The summed E-state index contributed by atoms with van der Waals surface area (Å²) >= 11 is 0. The lowest BCUT2D eigenvalue weighted by atomic mass is 9.68. The van der Waals surface area contributed by atoms with Crippen LogP contribution in [0.5, 0.6) is 5.75 Å². The van der Waals surface area contributed by atoms with E-state index in [1.165, 1.54) is 24.8 Å². The fourth-order valence-corrected chi connectivity index (χ4v) is 6.46. The molecule has 0 aromatic heterocycles. The molecule has 34 heavy (non-hydrogen) atoms. The van der Waals surface area contributed by atoms with Crippen LogP contribution in [0.15, 0.2) is 54.6 Å². The average Bonchev–Trinajstić information content (AvgIpc) is 3.08. The molecule has 2 saturated carbocycles. The van der Waals surface area contributed by atoms with Crippen molar-refractivity contribution in [2.45, 2.75) is 62.6 Å². The number of benzene rings is 2. The van der Waals surface area contributed by atoms with Crippen LogP contribution in [0, 0.1) is 5.92 Å². The number of carbonyl (C=O) groups is 1. The Hall–Kier alpha value is -2.53. The standard InChI is InChI=1S/C29H39N3O2/c1-30(2)29(25-10-5-4-6-11-25)18-16-28(17-19-29)22-31(20-24-12-14-26(34-3)15-13-24)27(33)32(28)21-23-8-7-9-23/h4-6,10-15,23H,7-9,16-22H2,1-3H3/t28-,29+. The molecule has 1 saturated heterocycles. The Morgan fingerprint density at radius 1 is 0.971 bits per heavy atom. The van der Waals surface area contributed by atoms with E-state index in [9.17, 15) is 4.79 Å². The first-order valence-electron chi connectivity index (χ1n) is 12.9. The van der Waals surface area contributed by atoms with Crippen LogP contribution in [0.25, 0.3) is 0 Å². The van der Waals surface area contributed by atoms with E-state index in [0.717, 1.165) is 50.1 Å². The summed E-state index contributed by atoms with van der Waals surface area (Å²) in [4.78, 5) is 20.6. The van der Waals surface area contributed by atoms with Crippen LogP contribution in [-0.4, -0.2) is 60.6 Å². The van der Waals surface area contributed by atoms with Gasteiger partial charge in [-0.1, -0.05) is 48.9 Å². The van der Waals surface area contributed by atoms with Gasteiger partial charge >= 0.3 is 6.03 Å². The lowest BCUT2D eigenvalue weighted by Crippen LogP contribution is -2.56. The van der Waals surface area contributed by atoms with Crippen LogP contribution in [0.2, 0.25) is 0 Å². The second-order valence-electron chi connectivity index (χ2n) is 10.9. The van der Waals surface area contributed by atoms with Crippen LogP contribution in [0.1, 0.15) is 56.1 Å². The zero-order chi connectivity index (χ0) is 23.8. The summed E-state index contributed by atoms with van der Waals surface area (Å²) in [6.07, 6.45) is 8.11. The van der Waals surface area contributed by atoms with E-state index in [0.29, 0.717) is 12.5 Å². The Balaban J connectivity index is 1.38. The van der Waals surface area contributed by atoms with Crippen LogP contribution < -0.4 is 4.74 Å². The van der Waals surface area contributed by atoms with Crippen molar-refractivity contribution < 1.29 is 9.53 Å². The molecule has 5 heteroatoms. The van der Waals surface area contributed by atoms with E-state index >= 15 is 0 Å². The van der Waals surface area contributed by atoms with Crippen molar-refractivity contribution in [1.82, 2.24) is 14.7 Å². The second kappa shape index (κ2) is 9.26. The first-order valence-corrected chi connectivity index (χ1v) is 12.9. The average molecular weight is 462 g/mol. The molecule has 5 rings (SSSR count). The number of nitrogens with zero attached hydrogens (tertiary/aromatic N) is 3. The Morgan fingerprint density at radius 2 is 1.65 bits per heavy atom. The van der Waals surface area contributed by atoms with Gasteiger partial charge in [0.1, 0.15) is 5.75 Å². The number of hydrogen-bond donors (Lipinski definition) is 0. The SMILES string of the molecule is COc1ccc(CN2C[C@]3(CC[C@](c4ccccc4)(N(C)C)CC3)N(CC3CCC3)C2=O)cc1. The largest absolute Gasteiger partial charge is 0.497 e. The van der Waals surface area contributed by atoms with Gasteiger partial charge in [0, 0.05) is 25.2 Å². The normalized spacial score (nSPS) is 27.5. The third-order valence-electron chi connectivity index (χ3n) is 8.93. The molecule has 0 unspecified atom stereocenters. The summed E-state index contributed by atoms with van der Waals surface area (Å²) in [6.45, 7) is 2.43. The maximum absolute atomic E-state index is 13.8. The van der Waals surface area contributed by atoms with Gasteiger partial charge in [-0.15, -0.1) is 0 Å². The van der Waals surface area contributed by atoms with Crippen LogP contribution in [-0.2, 0) is 12.1 Å². The number of carbonyl (C=O) groups excluding carboxylic acids is 1. The van der Waals surface area contributed by atoms with Crippen molar-refractivity contribution in [3.8, 4) is 5.75 Å². The van der Waals surface area contributed by atoms with E-state index in [1.807, 2.05) is 12.1 Å². The molecule has 3 fully saturated rings. The molecule has 0 atom stereocenters. The number of urea groups is 1. The Morgan fingerprint density at radius 3 is 2.21 bits per heavy atom. The van der Waals surface area contributed by atoms with Crippen LogP contribution in [0.4, 0.5) is 4.79 Å². The molecule has 2 aromatic rings.